The zero-order chi connectivity index (χ0) is 13.2. The van der Waals surface area contributed by atoms with Crippen molar-refractivity contribution in [2.45, 2.75) is 6.92 Å². The van der Waals surface area contributed by atoms with Crippen molar-refractivity contribution in [2.24, 2.45) is 5.73 Å². The standard InChI is InChI=1S/C9H11N.C6H6ClN/c1-2-9(10)8-6-4-3-5-7-8;7-8-6-4-2-1-3-5-6/h2-7H,10H2,1H3;1-5,8H/b9-2-;. The fourth-order valence-electron chi connectivity index (χ4n) is 1.30. The molecular formula is C15H17ClN2. The molecule has 0 unspecified atom stereocenters. The maximum absolute atomic E-state index is 5.66. The van der Waals surface area contributed by atoms with Gasteiger partial charge >= 0.3 is 0 Å². The van der Waals surface area contributed by atoms with Crippen molar-refractivity contribution in [3.05, 3.63) is 72.3 Å². The van der Waals surface area contributed by atoms with Gasteiger partial charge < -0.3 is 5.73 Å². The van der Waals surface area contributed by atoms with Gasteiger partial charge in [0.15, 0.2) is 0 Å². The molecule has 0 aliphatic carbocycles. The molecule has 94 valence electrons. The van der Waals surface area contributed by atoms with Gasteiger partial charge in [-0.25, -0.2) is 0 Å². The summed E-state index contributed by atoms with van der Waals surface area (Å²) in [6.45, 7) is 1.93. The molecule has 2 nitrogen and oxygen atoms in total. The zero-order valence-corrected chi connectivity index (χ0v) is 11.1. The van der Waals surface area contributed by atoms with Crippen molar-refractivity contribution in [2.75, 3.05) is 4.84 Å². The Hall–Kier alpha value is -1.93. The number of nitrogens with two attached hydrogens (primary N) is 1. The van der Waals surface area contributed by atoms with Crippen LogP contribution in [0.2, 0.25) is 0 Å². The predicted molar refractivity (Wildman–Crippen MR) is 80.2 cm³/mol. The van der Waals surface area contributed by atoms with Crippen LogP contribution in [0.4, 0.5) is 5.69 Å². The highest BCUT2D eigenvalue weighted by molar-refractivity contribution is 6.23. The predicted octanol–water partition coefficient (Wildman–Crippen LogP) is 4.26. The maximum Gasteiger partial charge on any atom is 0.0491 e. The molecule has 0 bridgehead atoms. The van der Waals surface area contributed by atoms with Crippen molar-refractivity contribution in [3.8, 4) is 0 Å². The number of hydrogen-bond donors (Lipinski definition) is 2. The summed E-state index contributed by atoms with van der Waals surface area (Å²) in [7, 11) is 0. The van der Waals surface area contributed by atoms with E-state index in [-0.39, 0.29) is 0 Å². The van der Waals surface area contributed by atoms with E-state index >= 15 is 0 Å². The molecule has 0 heterocycles. The topological polar surface area (TPSA) is 38.0 Å². The van der Waals surface area contributed by atoms with E-state index in [2.05, 4.69) is 4.84 Å². The van der Waals surface area contributed by atoms with Gasteiger partial charge in [0.05, 0.1) is 0 Å². The number of rotatable bonds is 2. The fraction of sp³-hybridized carbons (Fsp3) is 0.0667. The van der Waals surface area contributed by atoms with Gasteiger partial charge in [-0.1, -0.05) is 54.6 Å². The van der Waals surface area contributed by atoms with E-state index in [1.807, 2.05) is 73.7 Å². The van der Waals surface area contributed by atoms with Gasteiger partial charge in [0, 0.05) is 23.2 Å². The average molecular weight is 261 g/mol. The molecular weight excluding hydrogens is 244 g/mol. The summed E-state index contributed by atoms with van der Waals surface area (Å²) in [5.74, 6) is 0. The minimum absolute atomic E-state index is 0.834. The van der Waals surface area contributed by atoms with Gasteiger partial charge in [0.1, 0.15) is 0 Å². The Kier molecular flexibility index (Phi) is 6.44. The number of nitrogens with one attached hydrogen (secondary N) is 1. The molecule has 3 N–H and O–H groups in total. The average Bonchev–Trinajstić information content (AvgIpc) is 2.49. The molecule has 0 aliphatic heterocycles. The summed E-state index contributed by atoms with van der Waals surface area (Å²) in [6.07, 6.45) is 1.90. The maximum atomic E-state index is 5.66. The number of allylic oxidation sites excluding steroid dienone is 1. The second-order valence-corrected chi connectivity index (χ2v) is 3.76. The number of hydrogen-bond acceptors (Lipinski definition) is 2. The van der Waals surface area contributed by atoms with Crippen LogP contribution in [0.1, 0.15) is 12.5 Å². The first kappa shape index (κ1) is 14.1. The second kappa shape index (κ2) is 8.20. The van der Waals surface area contributed by atoms with Crippen molar-refractivity contribution < 1.29 is 0 Å². The Morgan fingerprint density at radius 3 is 1.89 bits per heavy atom. The minimum atomic E-state index is 0.834. The molecule has 2 aromatic carbocycles. The van der Waals surface area contributed by atoms with E-state index < -0.39 is 0 Å². The van der Waals surface area contributed by atoms with Crippen LogP contribution in [-0.4, -0.2) is 0 Å². The first-order valence-corrected chi connectivity index (χ1v) is 6.04. The third-order valence-electron chi connectivity index (χ3n) is 2.30. The summed E-state index contributed by atoms with van der Waals surface area (Å²) in [6, 6.07) is 19.5. The highest BCUT2D eigenvalue weighted by Crippen LogP contribution is 2.06. The molecule has 0 saturated heterocycles. The molecule has 0 radical (unpaired) electrons. The Morgan fingerprint density at radius 1 is 1.00 bits per heavy atom. The van der Waals surface area contributed by atoms with E-state index in [0.717, 1.165) is 16.9 Å². The minimum Gasteiger partial charge on any atom is -0.399 e. The van der Waals surface area contributed by atoms with Crippen LogP contribution in [0, 0.1) is 0 Å². The molecule has 0 aliphatic rings. The van der Waals surface area contributed by atoms with Crippen LogP contribution < -0.4 is 10.6 Å². The lowest BCUT2D eigenvalue weighted by atomic mass is 10.2. The normalized spacial score (nSPS) is 10.2. The molecule has 2 aromatic rings. The van der Waals surface area contributed by atoms with Gasteiger partial charge in [-0.2, -0.15) is 0 Å². The van der Waals surface area contributed by atoms with Crippen molar-refractivity contribution >= 4 is 23.2 Å². The lowest BCUT2D eigenvalue weighted by molar-refractivity contribution is 1.49. The van der Waals surface area contributed by atoms with Crippen LogP contribution in [0.3, 0.4) is 0 Å². The van der Waals surface area contributed by atoms with E-state index in [9.17, 15) is 0 Å². The smallest absolute Gasteiger partial charge is 0.0491 e. The van der Waals surface area contributed by atoms with Gasteiger partial charge in [-0.3, -0.25) is 4.84 Å². The van der Waals surface area contributed by atoms with Crippen molar-refractivity contribution in [3.63, 3.8) is 0 Å². The van der Waals surface area contributed by atoms with Crippen LogP contribution in [0.5, 0.6) is 0 Å². The van der Waals surface area contributed by atoms with Crippen molar-refractivity contribution in [1.29, 1.82) is 0 Å². The molecule has 2 rings (SSSR count). The molecule has 18 heavy (non-hydrogen) atoms. The van der Waals surface area contributed by atoms with E-state index in [1.54, 1.807) is 0 Å². The van der Waals surface area contributed by atoms with Gasteiger partial charge in [0.2, 0.25) is 0 Å². The van der Waals surface area contributed by atoms with Crippen molar-refractivity contribution in [1.82, 2.24) is 0 Å². The highest BCUT2D eigenvalue weighted by atomic mass is 35.5. The summed E-state index contributed by atoms with van der Waals surface area (Å²) >= 11 is 5.28. The van der Waals surface area contributed by atoms with E-state index in [1.165, 1.54) is 0 Å². The SMILES string of the molecule is C/C=C(\N)c1ccccc1.ClNc1ccccc1. The lowest BCUT2D eigenvalue weighted by Gasteiger charge is -1.97. The summed E-state index contributed by atoms with van der Waals surface area (Å²) in [4.78, 5) is 2.50. The zero-order valence-electron chi connectivity index (χ0n) is 10.3. The van der Waals surface area contributed by atoms with Gasteiger partial charge in [0.25, 0.3) is 0 Å². The highest BCUT2D eigenvalue weighted by Gasteiger charge is 1.89. The van der Waals surface area contributed by atoms with Gasteiger partial charge in [-0.15, -0.1) is 0 Å². The number of anilines is 1. The summed E-state index contributed by atoms with van der Waals surface area (Å²) in [5, 5.41) is 0. The second-order valence-electron chi connectivity index (χ2n) is 3.57. The van der Waals surface area contributed by atoms with Gasteiger partial charge in [-0.05, 0) is 24.6 Å². The molecule has 0 aromatic heterocycles. The molecule has 0 spiro atoms. The third kappa shape index (κ3) is 4.93. The first-order chi connectivity index (χ1) is 8.77. The molecule has 0 saturated carbocycles. The molecule has 0 fully saturated rings. The van der Waals surface area contributed by atoms with Crippen LogP contribution in [0.25, 0.3) is 5.70 Å². The number of halogens is 1. The summed E-state index contributed by atoms with van der Waals surface area (Å²) < 4.78 is 0. The Morgan fingerprint density at radius 2 is 1.50 bits per heavy atom. The monoisotopic (exact) mass is 260 g/mol. The fourth-order valence-corrected chi connectivity index (χ4v) is 1.42. The molecule has 0 amide bonds. The van der Waals surface area contributed by atoms with E-state index in [4.69, 9.17) is 17.5 Å². The van der Waals surface area contributed by atoms with Crippen LogP contribution in [-0.2, 0) is 0 Å². The Balaban J connectivity index is 0.000000184. The lowest BCUT2D eigenvalue weighted by Crippen LogP contribution is -1.93. The number of para-hydroxylation sites is 1. The Labute approximate surface area is 113 Å². The Bertz CT molecular complexity index is 466. The van der Waals surface area contributed by atoms with Crippen LogP contribution in [0.15, 0.2) is 66.7 Å². The first-order valence-electron chi connectivity index (χ1n) is 5.67. The third-order valence-corrected chi connectivity index (χ3v) is 2.52. The van der Waals surface area contributed by atoms with E-state index in [0.29, 0.717) is 0 Å². The quantitative estimate of drug-likeness (QED) is 0.792. The summed E-state index contributed by atoms with van der Waals surface area (Å²) in [5.41, 5.74) is 8.50. The number of benzene rings is 2. The van der Waals surface area contributed by atoms with Crippen LogP contribution >= 0.6 is 11.8 Å². The largest absolute Gasteiger partial charge is 0.399 e. The molecule has 3 heteroatoms. The molecule has 0 atom stereocenters.